The fraction of sp³-hybridized carbons (Fsp3) is 0.700. The number of Topliss-reactive ketones (excluding diaryl/α,β-unsaturated/α-hetero) is 1. The molecule has 0 bridgehead atoms. The Labute approximate surface area is 94.9 Å². The Kier molecular flexibility index (Phi) is 6.32. The summed E-state index contributed by atoms with van der Waals surface area (Å²) in [5.41, 5.74) is 5.00. The SMILES string of the molecule is CCC(NC(=O)C(CC(N)=O)NC)C(C)=O. The number of rotatable bonds is 7. The molecule has 0 spiro atoms. The Morgan fingerprint density at radius 3 is 2.12 bits per heavy atom. The van der Waals surface area contributed by atoms with E-state index < -0.39 is 18.0 Å². The first-order valence-corrected chi connectivity index (χ1v) is 5.18. The molecule has 0 aromatic rings. The van der Waals surface area contributed by atoms with Crippen molar-refractivity contribution in [3.8, 4) is 0 Å². The van der Waals surface area contributed by atoms with Gasteiger partial charge in [0.05, 0.1) is 18.5 Å². The Balaban J connectivity index is 4.40. The summed E-state index contributed by atoms with van der Waals surface area (Å²) in [5.74, 6) is -1.06. The number of carbonyl (C=O) groups is 3. The molecule has 2 amide bonds. The van der Waals surface area contributed by atoms with Crippen LogP contribution in [0.15, 0.2) is 0 Å². The number of carbonyl (C=O) groups excluding carboxylic acids is 3. The number of hydrogen-bond donors (Lipinski definition) is 3. The Morgan fingerprint density at radius 1 is 1.25 bits per heavy atom. The van der Waals surface area contributed by atoms with Crippen molar-refractivity contribution in [1.29, 1.82) is 0 Å². The second-order valence-electron chi connectivity index (χ2n) is 3.59. The Hall–Kier alpha value is -1.43. The molecule has 16 heavy (non-hydrogen) atoms. The van der Waals surface area contributed by atoms with Gasteiger partial charge in [0.15, 0.2) is 5.78 Å². The van der Waals surface area contributed by atoms with E-state index in [4.69, 9.17) is 5.73 Å². The lowest BCUT2D eigenvalue weighted by Crippen LogP contribution is -2.49. The zero-order valence-corrected chi connectivity index (χ0v) is 9.87. The number of hydrogen-bond acceptors (Lipinski definition) is 4. The predicted molar refractivity (Wildman–Crippen MR) is 59.6 cm³/mol. The number of ketones is 1. The minimum atomic E-state index is -0.689. The molecule has 6 nitrogen and oxygen atoms in total. The van der Waals surface area contributed by atoms with Gasteiger partial charge >= 0.3 is 0 Å². The molecule has 0 radical (unpaired) electrons. The summed E-state index contributed by atoms with van der Waals surface area (Å²) in [6, 6.07) is -1.19. The van der Waals surface area contributed by atoms with Gasteiger partial charge in [-0.25, -0.2) is 0 Å². The maximum absolute atomic E-state index is 11.6. The average molecular weight is 229 g/mol. The van der Waals surface area contributed by atoms with Crippen molar-refractivity contribution in [2.75, 3.05) is 7.05 Å². The topological polar surface area (TPSA) is 101 Å². The molecule has 0 rings (SSSR count). The van der Waals surface area contributed by atoms with Crippen molar-refractivity contribution in [2.24, 2.45) is 5.73 Å². The minimum Gasteiger partial charge on any atom is -0.370 e. The van der Waals surface area contributed by atoms with Gasteiger partial charge in [0.25, 0.3) is 0 Å². The average Bonchev–Trinajstić information content (AvgIpc) is 2.21. The van der Waals surface area contributed by atoms with E-state index in [-0.39, 0.29) is 18.1 Å². The van der Waals surface area contributed by atoms with Gasteiger partial charge in [-0.05, 0) is 20.4 Å². The van der Waals surface area contributed by atoms with Gasteiger partial charge in [0.2, 0.25) is 11.8 Å². The fourth-order valence-electron chi connectivity index (χ4n) is 1.29. The minimum absolute atomic E-state index is 0.0866. The largest absolute Gasteiger partial charge is 0.370 e. The highest BCUT2D eigenvalue weighted by molar-refractivity contribution is 5.92. The summed E-state index contributed by atoms with van der Waals surface area (Å²) in [7, 11) is 1.56. The summed E-state index contributed by atoms with van der Waals surface area (Å²) >= 11 is 0. The second kappa shape index (κ2) is 6.95. The van der Waals surface area contributed by atoms with Gasteiger partial charge < -0.3 is 16.4 Å². The molecule has 0 aliphatic heterocycles. The zero-order chi connectivity index (χ0) is 12.7. The van der Waals surface area contributed by atoms with Crippen LogP contribution in [0.3, 0.4) is 0 Å². The molecular weight excluding hydrogens is 210 g/mol. The van der Waals surface area contributed by atoms with E-state index in [1.807, 2.05) is 0 Å². The highest BCUT2D eigenvalue weighted by Gasteiger charge is 2.22. The Morgan fingerprint density at radius 2 is 1.81 bits per heavy atom. The third kappa shape index (κ3) is 4.88. The van der Waals surface area contributed by atoms with Crippen molar-refractivity contribution in [3.05, 3.63) is 0 Å². The highest BCUT2D eigenvalue weighted by Crippen LogP contribution is 1.96. The third-order valence-corrected chi connectivity index (χ3v) is 2.29. The highest BCUT2D eigenvalue weighted by atomic mass is 16.2. The lowest BCUT2D eigenvalue weighted by atomic mass is 10.1. The van der Waals surface area contributed by atoms with Crippen molar-refractivity contribution in [3.63, 3.8) is 0 Å². The van der Waals surface area contributed by atoms with E-state index in [1.165, 1.54) is 6.92 Å². The number of likely N-dealkylation sites (N-methyl/N-ethyl adjacent to an activating group) is 1. The van der Waals surface area contributed by atoms with Crippen molar-refractivity contribution < 1.29 is 14.4 Å². The van der Waals surface area contributed by atoms with Gasteiger partial charge in [0.1, 0.15) is 0 Å². The van der Waals surface area contributed by atoms with Crippen LogP contribution in [0.4, 0.5) is 0 Å². The number of nitrogens with two attached hydrogens (primary N) is 1. The number of nitrogens with one attached hydrogen (secondary N) is 2. The van der Waals surface area contributed by atoms with Crippen LogP contribution in [0.1, 0.15) is 26.7 Å². The predicted octanol–water partition coefficient (Wildman–Crippen LogP) is -1.07. The maximum Gasteiger partial charge on any atom is 0.238 e. The monoisotopic (exact) mass is 229 g/mol. The molecule has 2 unspecified atom stereocenters. The number of primary amides is 1. The van der Waals surface area contributed by atoms with Crippen LogP contribution in [0.5, 0.6) is 0 Å². The summed E-state index contributed by atoms with van der Waals surface area (Å²) < 4.78 is 0. The van der Waals surface area contributed by atoms with Gasteiger partial charge in [-0.15, -0.1) is 0 Å². The van der Waals surface area contributed by atoms with Crippen LogP contribution in [-0.4, -0.2) is 36.7 Å². The molecule has 4 N–H and O–H groups in total. The maximum atomic E-state index is 11.6. The quantitative estimate of drug-likeness (QED) is 0.517. The molecule has 2 atom stereocenters. The zero-order valence-electron chi connectivity index (χ0n) is 9.87. The molecule has 0 aromatic heterocycles. The van der Waals surface area contributed by atoms with Crippen LogP contribution in [0.2, 0.25) is 0 Å². The van der Waals surface area contributed by atoms with E-state index in [2.05, 4.69) is 10.6 Å². The smallest absolute Gasteiger partial charge is 0.238 e. The summed E-state index contributed by atoms with van der Waals surface area (Å²) in [6.07, 6.45) is 0.435. The summed E-state index contributed by atoms with van der Waals surface area (Å²) in [4.78, 5) is 33.5. The summed E-state index contributed by atoms with van der Waals surface area (Å²) in [5, 5.41) is 5.24. The van der Waals surface area contributed by atoms with Gasteiger partial charge in [-0.3, -0.25) is 14.4 Å². The van der Waals surface area contributed by atoms with Crippen LogP contribution in [-0.2, 0) is 14.4 Å². The molecule has 92 valence electrons. The lowest BCUT2D eigenvalue weighted by Gasteiger charge is -2.18. The first kappa shape index (κ1) is 14.6. The molecule has 0 fully saturated rings. The van der Waals surface area contributed by atoms with Crippen molar-refractivity contribution in [2.45, 2.75) is 38.8 Å². The molecule has 0 aliphatic rings. The first-order chi connectivity index (χ1) is 7.42. The molecule has 0 aromatic carbocycles. The van der Waals surface area contributed by atoms with Crippen molar-refractivity contribution in [1.82, 2.24) is 10.6 Å². The molecule has 0 saturated heterocycles. The standard InChI is InChI=1S/C10H19N3O3/c1-4-7(6(2)14)13-10(16)8(12-3)5-9(11)15/h7-8,12H,4-5H2,1-3H3,(H2,11,15)(H,13,16). The molecular formula is C10H19N3O3. The third-order valence-electron chi connectivity index (χ3n) is 2.29. The lowest BCUT2D eigenvalue weighted by molar-refractivity contribution is -0.130. The first-order valence-electron chi connectivity index (χ1n) is 5.18. The number of amides is 2. The van der Waals surface area contributed by atoms with E-state index in [0.29, 0.717) is 6.42 Å². The summed E-state index contributed by atoms with van der Waals surface area (Å²) in [6.45, 7) is 3.21. The van der Waals surface area contributed by atoms with Gasteiger partial charge in [-0.2, -0.15) is 0 Å². The van der Waals surface area contributed by atoms with Crippen LogP contribution in [0, 0.1) is 0 Å². The normalized spacial score (nSPS) is 13.9. The van der Waals surface area contributed by atoms with Crippen LogP contribution < -0.4 is 16.4 Å². The Bertz CT molecular complexity index is 278. The van der Waals surface area contributed by atoms with E-state index in [0.717, 1.165) is 0 Å². The van der Waals surface area contributed by atoms with E-state index in [1.54, 1.807) is 14.0 Å². The molecule has 6 heteroatoms. The van der Waals surface area contributed by atoms with Crippen LogP contribution >= 0.6 is 0 Å². The van der Waals surface area contributed by atoms with E-state index in [9.17, 15) is 14.4 Å². The van der Waals surface area contributed by atoms with Crippen LogP contribution in [0.25, 0.3) is 0 Å². The fourth-order valence-corrected chi connectivity index (χ4v) is 1.29. The molecule has 0 aliphatic carbocycles. The molecule has 0 heterocycles. The second-order valence-corrected chi connectivity index (χ2v) is 3.59. The van der Waals surface area contributed by atoms with Gasteiger partial charge in [0, 0.05) is 0 Å². The van der Waals surface area contributed by atoms with Crippen molar-refractivity contribution >= 4 is 17.6 Å². The van der Waals surface area contributed by atoms with Gasteiger partial charge in [-0.1, -0.05) is 6.92 Å². The molecule has 0 saturated carbocycles. The van der Waals surface area contributed by atoms with E-state index >= 15 is 0 Å².